The van der Waals surface area contributed by atoms with Crippen LogP contribution in [0.2, 0.25) is 5.02 Å². The van der Waals surface area contributed by atoms with E-state index < -0.39 is 6.10 Å². The number of pyridine rings is 1. The van der Waals surface area contributed by atoms with Gasteiger partial charge in [-0.3, -0.25) is 9.78 Å². The molecule has 5 heteroatoms. The third kappa shape index (κ3) is 5.05. The Morgan fingerprint density at radius 1 is 1.38 bits per heavy atom. The summed E-state index contributed by atoms with van der Waals surface area (Å²) in [4.78, 5) is 18.3. The number of halogens is 1. The summed E-state index contributed by atoms with van der Waals surface area (Å²) < 4.78 is 0. The van der Waals surface area contributed by atoms with Gasteiger partial charge in [-0.15, -0.1) is 0 Å². The van der Waals surface area contributed by atoms with Gasteiger partial charge in [0, 0.05) is 29.5 Å². The van der Waals surface area contributed by atoms with Gasteiger partial charge in [-0.25, -0.2) is 0 Å². The minimum Gasteiger partial charge on any atom is -0.386 e. The summed E-state index contributed by atoms with van der Waals surface area (Å²) in [5, 5.41) is 11.0. The summed E-state index contributed by atoms with van der Waals surface area (Å²) in [6.45, 7) is 4.81. The van der Waals surface area contributed by atoms with Gasteiger partial charge in [-0.2, -0.15) is 0 Å². The highest BCUT2D eigenvalue weighted by Gasteiger charge is 2.18. The van der Waals surface area contributed by atoms with E-state index in [1.165, 1.54) is 0 Å². The van der Waals surface area contributed by atoms with Gasteiger partial charge in [0.2, 0.25) is 5.91 Å². The van der Waals surface area contributed by atoms with Crippen molar-refractivity contribution in [1.82, 2.24) is 9.88 Å². The topological polar surface area (TPSA) is 53.4 Å². The minimum absolute atomic E-state index is 0.0142. The Kier molecular flexibility index (Phi) is 6.76. The van der Waals surface area contributed by atoms with Gasteiger partial charge in [-0.1, -0.05) is 36.7 Å². The molecular formula is C19H23ClN2O2. The highest BCUT2D eigenvalue weighted by Crippen LogP contribution is 2.18. The molecule has 0 aliphatic heterocycles. The first-order valence-corrected chi connectivity index (χ1v) is 8.49. The van der Waals surface area contributed by atoms with Crippen LogP contribution in [0.4, 0.5) is 0 Å². The third-order valence-electron chi connectivity index (χ3n) is 3.90. The number of hydrogen-bond acceptors (Lipinski definition) is 3. The van der Waals surface area contributed by atoms with Gasteiger partial charge < -0.3 is 10.0 Å². The van der Waals surface area contributed by atoms with Crippen LogP contribution in [0.25, 0.3) is 0 Å². The molecule has 4 nitrogen and oxygen atoms in total. The molecule has 0 spiro atoms. The number of aliphatic hydroxyl groups is 1. The van der Waals surface area contributed by atoms with Crippen LogP contribution >= 0.6 is 11.6 Å². The second kappa shape index (κ2) is 8.81. The van der Waals surface area contributed by atoms with E-state index in [2.05, 4.69) is 4.98 Å². The molecule has 0 bridgehead atoms. The van der Waals surface area contributed by atoms with Crippen molar-refractivity contribution in [3.8, 4) is 0 Å². The van der Waals surface area contributed by atoms with Crippen molar-refractivity contribution >= 4 is 17.5 Å². The summed E-state index contributed by atoms with van der Waals surface area (Å²) in [5.74, 6) is -0.0142. The molecular weight excluding hydrogens is 324 g/mol. The lowest BCUT2D eigenvalue weighted by Gasteiger charge is -2.25. The molecule has 2 aromatic rings. The van der Waals surface area contributed by atoms with Crippen molar-refractivity contribution in [3.05, 3.63) is 64.4 Å². The Morgan fingerprint density at radius 3 is 2.79 bits per heavy atom. The van der Waals surface area contributed by atoms with Gasteiger partial charge in [0.15, 0.2) is 0 Å². The number of aromatic nitrogens is 1. The molecule has 1 atom stereocenters. The van der Waals surface area contributed by atoms with Crippen molar-refractivity contribution in [2.45, 2.75) is 32.8 Å². The maximum Gasteiger partial charge on any atom is 0.227 e. The average molecular weight is 347 g/mol. The zero-order valence-electron chi connectivity index (χ0n) is 14.1. The standard InChI is InChI=1S/C19H23ClN2O2/c1-3-9-22(13-18(23)16-5-4-8-21-12-16)19(24)11-15-7-6-14(2)17(20)10-15/h4-8,10,12,18,23H,3,9,11,13H2,1-2H3. The molecule has 24 heavy (non-hydrogen) atoms. The van der Waals surface area contributed by atoms with E-state index in [1.54, 1.807) is 23.4 Å². The Balaban J connectivity index is 2.05. The zero-order chi connectivity index (χ0) is 17.5. The van der Waals surface area contributed by atoms with E-state index in [0.29, 0.717) is 17.1 Å². The number of carbonyl (C=O) groups excluding carboxylic acids is 1. The summed E-state index contributed by atoms with van der Waals surface area (Å²) >= 11 is 6.13. The van der Waals surface area contributed by atoms with E-state index in [9.17, 15) is 9.90 Å². The smallest absolute Gasteiger partial charge is 0.227 e. The molecule has 1 unspecified atom stereocenters. The summed E-state index contributed by atoms with van der Waals surface area (Å²) in [6, 6.07) is 9.25. The van der Waals surface area contributed by atoms with Gasteiger partial charge in [0.05, 0.1) is 19.1 Å². The summed E-state index contributed by atoms with van der Waals surface area (Å²) in [7, 11) is 0. The van der Waals surface area contributed by atoms with Crippen LogP contribution in [-0.2, 0) is 11.2 Å². The molecule has 0 radical (unpaired) electrons. The Labute approximate surface area is 148 Å². The first-order chi connectivity index (χ1) is 11.5. The lowest BCUT2D eigenvalue weighted by molar-refractivity contribution is -0.132. The first-order valence-electron chi connectivity index (χ1n) is 8.12. The van der Waals surface area contributed by atoms with Crippen molar-refractivity contribution in [2.75, 3.05) is 13.1 Å². The SMILES string of the molecule is CCCN(CC(O)c1cccnc1)C(=O)Cc1ccc(C)c(Cl)c1. The molecule has 0 aliphatic rings. The van der Waals surface area contributed by atoms with Crippen LogP contribution < -0.4 is 0 Å². The number of aryl methyl sites for hydroxylation is 1. The number of aliphatic hydroxyl groups excluding tert-OH is 1. The second-order valence-electron chi connectivity index (χ2n) is 5.90. The second-order valence-corrected chi connectivity index (χ2v) is 6.31. The minimum atomic E-state index is -0.740. The predicted molar refractivity (Wildman–Crippen MR) is 96.0 cm³/mol. The molecule has 0 aliphatic carbocycles. The van der Waals surface area contributed by atoms with Crippen LogP contribution in [0.5, 0.6) is 0 Å². The molecule has 128 valence electrons. The zero-order valence-corrected chi connectivity index (χ0v) is 14.8. The number of carbonyl (C=O) groups is 1. The Hall–Kier alpha value is -1.91. The van der Waals surface area contributed by atoms with E-state index in [4.69, 9.17) is 11.6 Å². The van der Waals surface area contributed by atoms with Gasteiger partial charge in [0.1, 0.15) is 0 Å². The predicted octanol–water partition coefficient (Wildman–Crippen LogP) is 3.56. The fourth-order valence-electron chi connectivity index (χ4n) is 2.51. The quantitative estimate of drug-likeness (QED) is 0.834. The maximum atomic E-state index is 12.6. The fourth-order valence-corrected chi connectivity index (χ4v) is 2.71. The molecule has 0 fully saturated rings. The van der Waals surface area contributed by atoms with Crippen molar-refractivity contribution < 1.29 is 9.90 Å². The van der Waals surface area contributed by atoms with Crippen LogP contribution in [0.3, 0.4) is 0 Å². The molecule has 1 aromatic carbocycles. The third-order valence-corrected chi connectivity index (χ3v) is 4.31. The van der Waals surface area contributed by atoms with Crippen LogP contribution in [0, 0.1) is 6.92 Å². The van der Waals surface area contributed by atoms with Gasteiger partial charge >= 0.3 is 0 Å². The van der Waals surface area contributed by atoms with E-state index in [1.807, 2.05) is 38.1 Å². The lowest BCUT2D eigenvalue weighted by Crippen LogP contribution is -2.36. The largest absolute Gasteiger partial charge is 0.386 e. The molecule has 1 heterocycles. The molecule has 0 saturated heterocycles. The summed E-state index contributed by atoms with van der Waals surface area (Å²) in [6.07, 6.45) is 3.65. The fraction of sp³-hybridized carbons (Fsp3) is 0.368. The number of rotatable bonds is 7. The van der Waals surface area contributed by atoms with Gasteiger partial charge in [0.25, 0.3) is 0 Å². The van der Waals surface area contributed by atoms with E-state index in [0.717, 1.165) is 17.5 Å². The molecule has 0 saturated carbocycles. The van der Waals surface area contributed by atoms with Crippen LogP contribution in [0.1, 0.15) is 36.1 Å². The summed E-state index contributed by atoms with van der Waals surface area (Å²) in [5.41, 5.74) is 2.59. The number of hydrogen-bond donors (Lipinski definition) is 1. The highest BCUT2D eigenvalue weighted by atomic mass is 35.5. The van der Waals surface area contributed by atoms with Crippen LogP contribution in [-0.4, -0.2) is 34.0 Å². The normalized spacial score (nSPS) is 12.0. The highest BCUT2D eigenvalue weighted by molar-refractivity contribution is 6.31. The monoisotopic (exact) mass is 346 g/mol. The molecule has 1 amide bonds. The maximum absolute atomic E-state index is 12.6. The Morgan fingerprint density at radius 2 is 2.17 bits per heavy atom. The van der Waals surface area contributed by atoms with Crippen molar-refractivity contribution in [3.63, 3.8) is 0 Å². The van der Waals surface area contributed by atoms with E-state index in [-0.39, 0.29) is 18.9 Å². The Bertz CT molecular complexity index is 676. The number of nitrogens with zero attached hydrogens (tertiary/aromatic N) is 2. The van der Waals surface area contributed by atoms with Crippen molar-refractivity contribution in [1.29, 1.82) is 0 Å². The average Bonchev–Trinajstić information content (AvgIpc) is 2.58. The number of benzene rings is 1. The lowest BCUT2D eigenvalue weighted by atomic mass is 10.1. The van der Waals surface area contributed by atoms with Crippen LogP contribution in [0.15, 0.2) is 42.7 Å². The van der Waals surface area contributed by atoms with Crippen molar-refractivity contribution in [2.24, 2.45) is 0 Å². The molecule has 1 aromatic heterocycles. The van der Waals surface area contributed by atoms with E-state index >= 15 is 0 Å². The molecule has 1 N–H and O–H groups in total. The first kappa shape index (κ1) is 18.4. The van der Waals surface area contributed by atoms with Gasteiger partial charge in [-0.05, 0) is 36.6 Å². The number of amides is 1. The molecule has 2 rings (SSSR count).